The Morgan fingerprint density at radius 3 is 2.47 bits per heavy atom. The second-order valence-electron chi connectivity index (χ2n) is 9.12. The number of hydrogen-bond acceptors (Lipinski definition) is 5. The van der Waals surface area contributed by atoms with E-state index in [1.54, 1.807) is 0 Å². The zero-order chi connectivity index (χ0) is 21.2. The van der Waals surface area contributed by atoms with Gasteiger partial charge in [-0.2, -0.15) is 0 Å². The molecule has 2 fully saturated rings. The summed E-state index contributed by atoms with van der Waals surface area (Å²) in [6.07, 6.45) is 0.0583. The first-order valence-corrected chi connectivity index (χ1v) is 10.8. The number of morpholine rings is 1. The van der Waals surface area contributed by atoms with E-state index in [1.807, 2.05) is 18.2 Å². The maximum Gasteiger partial charge on any atom is 0.494 e. The van der Waals surface area contributed by atoms with Gasteiger partial charge in [0.25, 0.3) is 0 Å². The monoisotopic (exact) mass is 409 g/mol. The summed E-state index contributed by atoms with van der Waals surface area (Å²) in [7, 11) is -0.346. The van der Waals surface area contributed by atoms with Crippen molar-refractivity contribution in [3.63, 3.8) is 0 Å². The van der Waals surface area contributed by atoms with Gasteiger partial charge in [0.15, 0.2) is 0 Å². The minimum absolute atomic E-state index is 0.0583. The van der Waals surface area contributed by atoms with Crippen molar-refractivity contribution < 1.29 is 18.8 Å². The molecule has 30 heavy (non-hydrogen) atoms. The summed E-state index contributed by atoms with van der Waals surface area (Å²) in [6.45, 7) is 11.9. The number of ether oxygens (including phenoxy) is 2. The fourth-order valence-corrected chi connectivity index (χ4v) is 3.78. The number of nitrogens with zero attached hydrogens (tertiary/aromatic N) is 1. The molecule has 0 aliphatic carbocycles. The first-order chi connectivity index (χ1) is 14.3. The smallest absolute Gasteiger partial charge is 0.399 e. The van der Waals surface area contributed by atoms with Crippen LogP contribution in [0.2, 0.25) is 0 Å². The lowest BCUT2D eigenvalue weighted by atomic mass is 9.79. The molecule has 160 valence electrons. The Bertz CT molecular complexity index is 826. The first-order valence-electron chi connectivity index (χ1n) is 10.8. The topological polar surface area (TPSA) is 40.2 Å². The van der Waals surface area contributed by atoms with Crippen LogP contribution in [0.25, 0.3) is 0 Å². The molecule has 2 aliphatic rings. The predicted octanol–water partition coefficient (Wildman–Crippen LogP) is 3.41. The van der Waals surface area contributed by atoms with E-state index < -0.39 is 0 Å². The van der Waals surface area contributed by atoms with Crippen LogP contribution in [-0.4, -0.2) is 50.7 Å². The minimum atomic E-state index is -0.346. The van der Waals surface area contributed by atoms with Crippen LogP contribution in [0, 0.1) is 0 Å². The van der Waals surface area contributed by atoms with E-state index in [2.05, 4.69) is 69.0 Å². The maximum absolute atomic E-state index is 6.22. The van der Waals surface area contributed by atoms with Gasteiger partial charge in [0.05, 0.1) is 37.1 Å². The van der Waals surface area contributed by atoms with Gasteiger partial charge in [-0.3, -0.25) is 0 Å². The Labute approximate surface area is 180 Å². The molecule has 2 aromatic rings. The Hall–Kier alpha value is -1.86. The summed E-state index contributed by atoms with van der Waals surface area (Å²) in [5, 5.41) is 0. The maximum atomic E-state index is 6.22. The Morgan fingerprint density at radius 2 is 1.73 bits per heavy atom. The third-order valence-electron chi connectivity index (χ3n) is 6.31. The molecule has 0 radical (unpaired) electrons. The summed E-state index contributed by atoms with van der Waals surface area (Å²) in [5.74, 6) is 0. The second kappa shape index (κ2) is 8.71. The zero-order valence-electron chi connectivity index (χ0n) is 18.5. The van der Waals surface area contributed by atoms with Crippen LogP contribution < -0.4 is 10.4 Å². The van der Waals surface area contributed by atoms with Crippen molar-refractivity contribution in [2.24, 2.45) is 0 Å². The van der Waals surface area contributed by atoms with E-state index in [0.29, 0.717) is 19.8 Å². The summed E-state index contributed by atoms with van der Waals surface area (Å²) >= 11 is 0. The van der Waals surface area contributed by atoms with Crippen LogP contribution in [0.1, 0.15) is 33.3 Å². The van der Waals surface area contributed by atoms with Crippen molar-refractivity contribution in [1.29, 1.82) is 0 Å². The summed E-state index contributed by atoms with van der Waals surface area (Å²) in [5.41, 5.74) is 2.72. The highest BCUT2D eigenvalue weighted by Gasteiger charge is 2.51. The highest BCUT2D eigenvalue weighted by atomic mass is 16.7. The molecule has 2 aliphatic heterocycles. The molecule has 1 atom stereocenters. The average molecular weight is 409 g/mol. The molecule has 2 aromatic carbocycles. The van der Waals surface area contributed by atoms with E-state index in [4.69, 9.17) is 18.8 Å². The van der Waals surface area contributed by atoms with Crippen molar-refractivity contribution >= 4 is 18.3 Å². The number of hydrogen-bond donors (Lipinski definition) is 0. The number of rotatable bonds is 6. The molecule has 5 nitrogen and oxygen atoms in total. The van der Waals surface area contributed by atoms with Gasteiger partial charge < -0.3 is 23.7 Å². The normalized spacial score (nSPS) is 23.0. The highest BCUT2D eigenvalue weighted by Crippen LogP contribution is 2.36. The molecule has 0 amide bonds. The van der Waals surface area contributed by atoms with Crippen molar-refractivity contribution in [3.05, 3.63) is 60.2 Å². The lowest BCUT2D eigenvalue weighted by molar-refractivity contribution is -0.0283. The lowest BCUT2D eigenvalue weighted by Crippen LogP contribution is -2.45. The van der Waals surface area contributed by atoms with Crippen LogP contribution in [-0.2, 0) is 25.4 Å². The van der Waals surface area contributed by atoms with Crippen molar-refractivity contribution in [2.75, 3.05) is 31.2 Å². The van der Waals surface area contributed by atoms with E-state index >= 15 is 0 Å². The molecule has 2 saturated heterocycles. The van der Waals surface area contributed by atoms with Crippen LogP contribution >= 0.6 is 0 Å². The Kier molecular flexibility index (Phi) is 6.21. The van der Waals surface area contributed by atoms with Crippen molar-refractivity contribution in [1.82, 2.24) is 0 Å². The van der Waals surface area contributed by atoms with Crippen molar-refractivity contribution in [2.45, 2.75) is 51.6 Å². The Balaban J connectivity index is 1.36. The van der Waals surface area contributed by atoms with E-state index in [0.717, 1.165) is 18.6 Å². The van der Waals surface area contributed by atoms with Gasteiger partial charge in [0.2, 0.25) is 0 Å². The molecule has 0 bridgehead atoms. The predicted molar refractivity (Wildman–Crippen MR) is 120 cm³/mol. The molecule has 0 N–H and O–H groups in total. The third-order valence-corrected chi connectivity index (χ3v) is 6.31. The van der Waals surface area contributed by atoms with Crippen LogP contribution in [0.5, 0.6) is 0 Å². The summed E-state index contributed by atoms with van der Waals surface area (Å²) in [6, 6.07) is 18.7. The van der Waals surface area contributed by atoms with Crippen LogP contribution in [0.3, 0.4) is 0 Å². The molecule has 6 heteroatoms. The zero-order valence-corrected chi connectivity index (χ0v) is 18.5. The van der Waals surface area contributed by atoms with Gasteiger partial charge in [-0.05, 0) is 50.9 Å². The van der Waals surface area contributed by atoms with Gasteiger partial charge in [-0.1, -0.05) is 42.5 Å². The lowest BCUT2D eigenvalue weighted by Gasteiger charge is -2.34. The number of benzene rings is 2. The third kappa shape index (κ3) is 4.73. The van der Waals surface area contributed by atoms with Gasteiger partial charge in [0, 0.05) is 18.8 Å². The molecular formula is C24H32BNO4. The van der Waals surface area contributed by atoms with Crippen LogP contribution in [0.4, 0.5) is 5.69 Å². The highest BCUT2D eigenvalue weighted by molar-refractivity contribution is 6.62. The quantitative estimate of drug-likeness (QED) is 0.684. The van der Waals surface area contributed by atoms with E-state index in [-0.39, 0.29) is 24.4 Å². The molecular weight excluding hydrogens is 377 g/mol. The van der Waals surface area contributed by atoms with Gasteiger partial charge in [0.1, 0.15) is 0 Å². The first kappa shape index (κ1) is 21.4. The van der Waals surface area contributed by atoms with Crippen LogP contribution in [0.15, 0.2) is 54.6 Å². The van der Waals surface area contributed by atoms with E-state index in [9.17, 15) is 0 Å². The molecule has 0 aromatic heterocycles. The second-order valence-corrected chi connectivity index (χ2v) is 9.12. The molecule has 4 rings (SSSR count). The standard InChI is InChI=1S/C24H32BNO4/c1-23(2)24(3,4)30-25(29-23)20-11-8-12-21(15-20)26-13-14-28-22(16-26)18-27-17-19-9-6-5-7-10-19/h5-12,15,22H,13-14,16-18H2,1-4H3/t22-/m0/s1. The van der Waals surface area contributed by atoms with Gasteiger partial charge in [-0.25, -0.2) is 0 Å². The number of anilines is 1. The fourth-order valence-electron chi connectivity index (χ4n) is 3.78. The van der Waals surface area contributed by atoms with Gasteiger partial charge in [-0.15, -0.1) is 0 Å². The van der Waals surface area contributed by atoms with Gasteiger partial charge >= 0.3 is 7.12 Å². The minimum Gasteiger partial charge on any atom is -0.399 e. The van der Waals surface area contributed by atoms with Crippen molar-refractivity contribution in [3.8, 4) is 0 Å². The summed E-state index contributed by atoms with van der Waals surface area (Å²) < 4.78 is 24.3. The van der Waals surface area contributed by atoms with E-state index in [1.165, 1.54) is 11.3 Å². The summed E-state index contributed by atoms with van der Waals surface area (Å²) in [4.78, 5) is 2.36. The average Bonchev–Trinajstić information content (AvgIpc) is 2.96. The molecule has 2 heterocycles. The SMILES string of the molecule is CC1(C)OB(c2cccc(N3CCO[C@H](COCc4ccccc4)C3)c2)OC1(C)C. The largest absolute Gasteiger partial charge is 0.494 e. The fraction of sp³-hybridized carbons (Fsp3) is 0.500. The molecule has 0 unspecified atom stereocenters. The molecule has 0 spiro atoms. The molecule has 0 saturated carbocycles. The Morgan fingerprint density at radius 1 is 1.00 bits per heavy atom.